The molecular weight excluding hydrogens is 534 g/mol. The van der Waals surface area contributed by atoms with Crippen LogP contribution < -0.4 is 27.8 Å². The Labute approximate surface area is 241 Å². The number of hydrogen-bond donors (Lipinski definition) is 5. The van der Waals surface area contributed by atoms with E-state index >= 15 is 0 Å². The highest BCUT2D eigenvalue weighted by Crippen LogP contribution is 2.22. The lowest BCUT2D eigenvalue weighted by atomic mass is 10.1. The van der Waals surface area contributed by atoms with Gasteiger partial charge in [0.15, 0.2) is 0 Å². The van der Waals surface area contributed by atoms with E-state index in [1.807, 2.05) is 61.5 Å². The average Bonchev–Trinajstić information content (AvgIpc) is 3.00. The minimum atomic E-state index is -0.562. The van der Waals surface area contributed by atoms with Crippen LogP contribution in [0.15, 0.2) is 77.6 Å². The number of benzene rings is 3. The number of nitrogens with zero attached hydrogens (tertiary/aromatic N) is 5. The van der Waals surface area contributed by atoms with Crippen molar-refractivity contribution >= 4 is 34.3 Å². The molecule has 0 unspecified atom stereocenters. The van der Waals surface area contributed by atoms with E-state index in [1.165, 1.54) is 0 Å². The van der Waals surface area contributed by atoms with Crippen molar-refractivity contribution in [2.24, 2.45) is 0 Å². The van der Waals surface area contributed by atoms with Gasteiger partial charge in [-0.25, -0.2) is 15.4 Å². The molecule has 12 heteroatoms. The van der Waals surface area contributed by atoms with Crippen molar-refractivity contribution in [1.82, 2.24) is 25.0 Å². The Morgan fingerprint density at radius 2 is 1.71 bits per heavy atom. The number of para-hydroxylation sites is 1. The van der Waals surface area contributed by atoms with Crippen LogP contribution in [0.25, 0.3) is 16.6 Å². The van der Waals surface area contributed by atoms with E-state index in [2.05, 4.69) is 15.3 Å². The summed E-state index contributed by atoms with van der Waals surface area (Å²) in [5.74, 6) is 0.378. The molecule has 7 N–H and O–H groups in total. The van der Waals surface area contributed by atoms with Crippen LogP contribution in [-0.4, -0.2) is 30.6 Å². The summed E-state index contributed by atoms with van der Waals surface area (Å²) in [6, 6.07) is 23.8. The third kappa shape index (κ3) is 6.33. The molecule has 0 aliphatic carbocycles. The van der Waals surface area contributed by atoms with Gasteiger partial charge in [-0.2, -0.15) is 10.2 Å². The molecule has 0 saturated carbocycles. The van der Waals surface area contributed by atoms with Crippen molar-refractivity contribution in [2.45, 2.75) is 26.8 Å². The van der Waals surface area contributed by atoms with Crippen LogP contribution in [0.5, 0.6) is 0 Å². The highest BCUT2D eigenvalue weighted by atomic mass is 16.5. The predicted molar refractivity (Wildman–Crippen MR) is 160 cm³/mol. The van der Waals surface area contributed by atoms with Gasteiger partial charge >= 0.3 is 0 Å². The zero-order chi connectivity index (χ0) is 30.2. The lowest BCUT2D eigenvalue weighted by Gasteiger charge is -2.15. The number of anilines is 3. The standard InChI is InChI=1S/C24H22N4O3.C6H7N5/c1-2-21-26-20-10-6-9-19(22(20)24(30)28(21)18-7-4-3-5-8-18)25-15-16-11-13-17(14-12-16)23(29)27-31;1-3-4(2-7)5(8)11-6(9)10-3/h3-14,25,31H,2,15H2,1H3,(H,27,29);1H3,(H4,8,9,10,11). The van der Waals surface area contributed by atoms with Crippen molar-refractivity contribution in [3.63, 3.8) is 0 Å². The number of carbonyl (C=O) groups excluding carboxylic acids is 1. The first-order chi connectivity index (χ1) is 20.3. The van der Waals surface area contributed by atoms with Gasteiger partial charge in [-0.05, 0) is 48.9 Å². The first-order valence-corrected chi connectivity index (χ1v) is 12.9. The summed E-state index contributed by atoms with van der Waals surface area (Å²) in [6.07, 6.45) is 0.630. The molecule has 0 aliphatic heterocycles. The summed E-state index contributed by atoms with van der Waals surface area (Å²) >= 11 is 0. The summed E-state index contributed by atoms with van der Waals surface area (Å²) < 4.78 is 1.66. The van der Waals surface area contributed by atoms with Gasteiger partial charge in [0.2, 0.25) is 5.95 Å². The normalized spacial score (nSPS) is 10.3. The minimum absolute atomic E-state index is 0.0963. The molecule has 0 radical (unpaired) electrons. The zero-order valence-corrected chi connectivity index (χ0v) is 23.0. The van der Waals surface area contributed by atoms with Crippen molar-refractivity contribution < 1.29 is 10.0 Å². The van der Waals surface area contributed by atoms with Crippen molar-refractivity contribution in [1.29, 1.82) is 5.26 Å². The number of nitrogens with one attached hydrogen (secondary N) is 2. The maximum atomic E-state index is 13.5. The molecule has 2 aromatic heterocycles. The molecule has 0 aliphatic rings. The largest absolute Gasteiger partial charge is 0.382 e. The molecule has 0 bridgehead atoms. The molecule has 3 aromatic carbocycles. The molecule has 0 atom stereocenters. The van der Waals surface area contributed by atoms with Gasteiger partial charge < -0.3 is 16.8 Å². The first-order valence-electron chi connectivity index (χ1n) is 12.9. The van der Waals surface area contributed by atoms with E-state index in [0.29, 0.717) is 52.2 Å². The maximum Gasteiger partial charge on any atom is 0.274 e. The Hall–Kier alpha value is -5.80. The lowest BCUT2D eigenvalue weighted by molar-refractivity contribution is 0.0706. The number of hydrogen-bond acceptors (Lipinski definition) is 10. The van der Waals surface area contributed by atoms with Crippen LogP contribution in [0, 0.1) is 18.3 Å². The molecule has 212 valence electrons. The molecule has 0 saturated heterocycles. The summed E-state index contributed by atoms with van der Waals surface area (Å²) in [5.41, 5.74) is 16.4. The number of fused-ring (bicyclic) bond motifs is 1. The quantitative estimate of drug-likeness (QED) is 0.150. The van der Waals surface area contributed by atoms with Gasteiger partial charge in [-0.1, -0.05) is 43.3 Å². The molecule has 2 heterocycles. The third-order valence-corrected chi connectivity index (χ3v) is 6.35. The van der Waals surface area contributed by atoms with Crippen LogP contribution in [0.3, 0.4) is 0 Å². The number of aryl methyl sites for hydroxylation is 2. The van der Waals surface area contributed by atoms with Crippen LogP contribution in [0.2, 0.25) is 0 Å². The van der Waals surface area contributed by atoms with Crippen LogP contribution in [0.1, 0.15) is 39.9 Å². The van der Waals surface area contributed by atoms with Crippen LogP contribution >= 0.6 is 0 Å². The highest BCUT2D eigenvalue weighted by Gasteiger charge is 2.14. The summed E-state index contributed by atoms with van der Waals surface area (Å²) in [4.78, 5) is 37.1. The first kappa shape index (κ1) is 29.2. The Kier molecular flexibility index (Phi) is 9.06. The van der Waals surface area contributed by atoms with Gasteiger partial charge in [0.25, 0.3) is 11.5 Å². The predicted octanol–water partition coefficient (Wildman–Crippen LogP) is 3.50. The maximum absolute atomic E-state index is 13.5. The highest BCUT2D eigenvalue weighted by molar-refractivity contribution is 5.93. The second-order valence-corrected chi connectivity index (χ2v) is 9.09. The van der Waals surface area contributed by atoms with Crippen molar-refractivity contribution in [3.8, 4) is 11.8 Å². The molecule has 0 fully saturated rings. The molecule has 5 aromatic rings. The number of rotatable bonds is 6. The second kappa shape index (κ2) is 13.0. The van der Waals surface area contributed by atoms with Gasteiger partial charge in [0.05, 0.1) is 22.3 Å². The Morgan fingerprint density at radius 1 is 1.00 bits per heavy atom. The third-order valence-electron chi connectivity index (χ3n) is 6.35. The number of amides is 1. The van der Waals surface area contributed by atoms with E-state index in [4.69, 9.17) is 26.9 Å². The Morgan fingerprint density at radius 3 is 2.33 bits per heavy atom. The summed E-state index contributed by atoms with van der Waals surface area (Å²) in [6.45, 7) is 4.10. The van der Waals surface area contributed by atoms with Gasteiger partial charge in [0.1, 0.15) is 23.3 Å². The topological polar surface area (TPSA) is 198 Å². The monoisotopic (exact) mass is 563 g/mol. The summed E-state index contributed by atoms with van der Waals surface area (Å²) in [5, 5.41) is 21.1. The fourth-order valence-electron chi connectivity index (χ4n) is 4.30. The molecule has 42 heavy (non-hydrogen) atoms. The molecule has 0 spiro atoms. The number of nitriles is 1. The SMILES string of the molecule is CCc1nc2cccc(NCc3ccc(C(=O)NO)cc3)c2c(=O)n1-c1ccccc1.Cc1nc(N)nc(N)c1C#N. The average molecular weight is 564 g/mol. The molecule has 1 amide bonds. The second-order valence-electron chi connectivity index (χ2n) is 9.09. The molecule has 12 nitrogen and oxygen atoms in total. The number of hydroxylamine groups is 1. The Bertz CT molecular complexity index is 1810. The zero-order valence-electron chi connectivity index (χ0n) is 23.0. The van der Waals surface area contributed by atoms with E-state index in [0.717, 1.165) is 11.3 Å². The van der Waals surface area contributed by atoms with Gasteiger partial charge in [-0.15, -0.1) is 0 Å². The van der Waals surface area contributed by atoms with Crippen molar-refractivity contribution in [2.75, 3.05) is 16.8 Å². The summed E-state index contributed by atoms with van der Waals surface area (Å²) in [7, 11) is 0. The van der Waals surface area contributed by atoms with E-state index < -0.39 is 5.91 Å². The number of aromatic nitrogens is 4. The molecule has 5 rings (SSSR count). The Balaban J connectivity index is 0.000000310. The lowest BCUT2D eigenvalue weighted by Crippen LogP contribution is -2.24. The van der Waals surface area contributed by atoms with E-state index in [9.17, 15) is 9.59 Å². The fraction of sp³-hybridized carbons (Fsp3) is 0.133. The van der Waals surface area contributed by atoms with E-state index in [-0.39, 0.29) is 17.3 Å². The molecular formula is C30H29N9O3. The fourth-order valence-corrected chi connectivity index (χ4v) is 4.30. The van der Waals surface area contributed by atoms with Crippen molar-refractivity contribution in [3.05, 3.63) is 111 Å². The number of nitrogen functional groups attached to an aromatic ring is 2. The number of nitrogens with two attached hydrogens (primary N) is 2. The van der Waals surface area contributed by atoms with Crippen LogP contribution in [-0.2, 0) is 13.0 Å². The smallest absolute Gasteiger partial charge is 0.274 e. The van der Waals surface area contributed by atoms with Gasteiger partial charge in [-0.3, -0.25) is 19.4 Å². The van der Waals surface area contributed by atoms with E-state index in [1.54, 1.807) is 41.2 Å². The minimum Gasteiger partial charge on any atom is -0.382 e. The van der Waals surface area contributed by atoms with Gasteiger partial charge in [0, 0.05) is 24.2 Å². The van der Waals surface area contributed by atoms with Crippen LogP contribution in [0.4, 0.5) is 17.5 Å². The number of carbonyl (C=O) groups is 1.